The minimum atomic E-state index is -2.01. The Labute approximate surface area is 242 Å². The first-order valence-electron chi connectivity index (χ1n) is 14.4. The largest absolute Gasteiger partial charge is 0.415 e. The van der Waals surface area contributed by atoms with Gasteiger partial charge in [0.15, 0.2) is 8.32 Å². The highest BCUT2D eigenvalue weighted by atomic mass is 28.4. The molecule has 0 radical (unpaired) electrons. The van der Waals surface area contributed by atoms with E-state index in [1.165, 1.54) is 22.3 Å². The van der Waals surface area contributed by atoms with E-state index >= 15 is 0 Å². The van der Waals surface area contributed by atoms with Crippen LogP contribution in [-0.2, 0) is 28.9 Å². The summed E-state index contributed by atoms with van der Waals surface area (Å²) in [6, 6.07) is 42.7. The van der Waals surface area contributed by atoms with Crippen LogP contribution in [0.15, 0.2) is 121 Å². The monoisotopic (exact) mass is 551 g/mol. The summed E-state index contributed by atoms with van der Waals surface area (Å²) < 4.78 is 13.9. The van der Waals surface area contributed by atoms with Crippen molar-refractivity contribution in [3.63, 3.8) is 0 Å². The molecule has 0 saturated carbocycles. The van der Waals surface area contributed by atoms with Gasteiger partial charge in [0.2, 0.25) is 0 Å². The van der Waals surface area contributed by atoms with E-state index in [1.807, 2.05) is 0 Å². The van der Waals surface area contributed by atoms with E-state index in [0.29, 0.717) is 13.2 Å². The summed E-state index contributed by atoms with van der Waals surface area (Å²) in [5.41, 5.74) is 4.91. The van der Waals surface area contributed by atoms with Gasteiger partial charge >= 0.3 is 0 Å². The van der Waals surface area contributed by atoms with Crippen LogP contribution in [0.5, 0.6) is 0 Å². The Bertz CT molecular complexity index is 1220. The maximum Gasteiger partial charge on any atom is 0.192 e. The summed E-state index contributed by atoms with van der Waals surface area (Å²) >= 11 is 0. The van der Waals surface area contributed by atoms with Crippen LogP contribution in [0.2, 0.25) is 18.1 Å². The SMILES string of the molecule is CC(C)(C)[Si](C)(C)OCC(C(OCc1ccccc1)c1ccccc1)N(Cc1ccccc1)Cc1ccccc1. The number of ether oxygens (including phenoxy) is 1. The molecular weight excluding hydrogens is 506 g/mol. The smallest absolute Gasteiger partial charge is 0.192 e. The molecule has 0 fully saturated rings. The minimum Gasteiger partial charge on any atom is -0.415 e. The highest BCUT2D eigenvalue weighted by molar-refractivity contribution is 6.74. The fourth-order valence-electron chi connectivity index (χ4n) is 4.65. The molecule has 0 aromatic heterocycles. The highest BCUT2D eigenvalue weighted by Gasteiger charge is 2.39. The number of hydrogen-bond donors (Lipinski definition) is 0. The van der Waals surface area contributed by atoms with Crippen molar-refractivity contribution in [1.29, 1.82) is 0 Å². The van der Waals surface area contributed by atoms with Gasteiger partial charge in [-0.3, -0.25) is 4.90 Å². The van der Waals surface area contributed by atoms with Gasteiger partial charge in [-0.25, -0.2) is 0 Å². The maximum atomic E-state index is 6.98. The predicted molar refractivity (Wildman–Crippen MR) is 169 cm³/mol. The molecule has 2 unspecified atom stereocenters. The highest BCUT2D eigenvalue weighted by Crippen LogP contribution is 2.38. The second-order valence-corrected chi connectivity index (χ2v) is 17.0. The van der Waals surface area contributed by atoms with Crippen molar-refractivity contribution in [2.24, 2.45) is 0 Å². The molecule has 0 aliphatic rings. The fraction of sp³-hybridized carbons (Fsp3) is 0.333. The van der Waals surface area contributed by atoms with Gasteiger partial charge < -0.3 is 9.16 Å². The summed E-state index contributed by atoms with van der Waals surface area (Å²) in [5, 5.41) is 0.119. The van der Waals surface area contributed by atoms with Crippen LogP contribution in [0.1, 0.15) is 49.1 Å². The van der Waals surface area contributed by atoms with Crippen molar-refractivity contribution < 1.29 is 9.16 Å². The third-order valence-corrected chi connectivity index (χ3v) is 12.6. The normalized spacial score (nSPS) is 13.8. The quantitative estimate of drug-likeness (QED) is 0.155. The van der Waals surface area contributed by atoms with E-state index < -0.39 is 8.32 Å². The third-order valence-electron chi connectivity index (χ3n) is 8.10. The van der Waals surface area contributed by atoms with Gasteiger partial charge in [-0.05, 0) is 40.4 Å². The number of rotatable bonds is 13. The Kier molecular flexibility index (Phi) is 10.5. The molecule has 3 nitrogen and oxygen atoms in total. The molecule has 2 atom stereocenters. The van der Waals surface area contributed by atoms with E-state index in [0.717, 1.165) is 13.1 Å². The summed E-state index contributed by atoms with van der Waals surface area (Å²) in [5.74, 6) is 0. The van der Waals surface area contributed by atoms with E-state index in [1.54, 1.807) is 0 Å². The van der Waals surface area contributed by atoms with Gasteiger partial charge in [0.05, 0.1) is 19.3 Å². The van der Waals surface area contributed by atoms with Crippen LogP contribution in [-0.4, -0.2) is 25.9 Å². The molecule has 0 N–H and O–H groups in total. The van der Waals surface area contributed by atoms with Crippen LogP contribution in [0.3, 0.4) is 0 Å². The Morgan fingerprint density at radius 1 is 0.625 bits per heavy atom. The zero-order valence-electron chi connectivity index (χ0n) is 24.8. The molecule has 4 aromatic carbocycles. The van der Waals surface area contributed by atoms with Crippen molar-refractivity contribution >= 4 is 8.32 Å². The summed E-state index contributed by atoms with van der Waals surface area (Å²) in [7, 11) is -2.01. The molecule has 0 spiro atoms. The summed E-state index contributed by atoms with van der Waals surface area (Å²) in [4.78, 5) is 2.56. The molecule has 0 aliphatic carbocycles. The van der Waals surface area contributed by atoms with Gasteiger partial charge in [-0.1, -0.05) is 142 Å². The lowest BCUT2D eigenvalue weighted by molar-refractivity contribution is -0.0479. The molecule has 4 rings (SSSR count). The predicted octanol–water partition coefficient (Wildman–Crippen LogP) is 9.04. The lowest BCUT2D eigenvalue weighted by Crippen LogP contribution is -2.48. The van der Waals surface area contributed by atoms with Crippen molar-refractivity contribution in [2.75, 3.05) is 6.61 Å². The van der Waals surface area contributed by atoms with Crippen molar-refractivity contribution in [3.8, 4) is 0 Å². The van der Waals surface area contributed by atoms with E-state index in [-0.39, 0.29) is 17.2 Å². The first-order chi connectivity index (χ1) is 19.2. The van der Waals surface area contributed by atoms with Crippen LogP contribution < -0.4 is 0 Å². The number of hydrogen-bond acceptors (Lipinski definition) is 3. The molecule has 4 heteroatoms. The van der Waals surface area contributed by atoms with Gasteiger partial charge in [0, 0.05) is 13.1 Å². The van der Waals surface area contributed by atoms with Gasteiger partial charge in [-0.2, -0.15) is 0 Å². The van der Waals surface area contributed by atoms with E-state index in [9.17, 15) is 0 Å². The second kappa shape index (κ2) is 14.0. The van der Waals surface area contributed by atoms with Crippen LogP contribution >= 0.6 is 0 Å². The second-order valence-electron chi connectivity index (χ2n) is 12.1. The molecule has 0 heterocycles. The standard InChI is InChI=1S/C36H45NO2Si/c1-36(2,3)40(4,5)39-29-34(35(33-24-16-9-17-25-33)38-28-32-22-14-8-15-23-32)37(26-30-18-10-6-11-19-30)27-31-20-12-7-13-21-31/h6-25,34-35H,26-29H2,1-5H3. The Morgan fingerprint density at radius 3 is 1.50 bits per heavy atom. The Morgan fingerprint density at radius 2 is 1.05 bits per heavy atom. The molecule has 0 aliphatic heterocycles. The topological polar surface area (TPSA) is 21.7 Å². The number of nitrogens with zero attached hydrogens (tertiary/aromatic N) is 1. The molecule has 4 aromatic rings. The van der Waals surface area contributed by atoms with Crippen LogP contribution in [0.4, 0.5) is 0 Å². The van der Waals surface area contributed by atoms with Gasteiger partial charge in [0.25, 0.3) is 0 Å². The van der Waals surface area contributed by atoms with Crippen LogP contribution in [0, 0.1) is 0 Å². The molecule has 210 valence electrons. The fourth-order valence-corrected chi connectivity index (χ4v) is 5.67. The average molecular weight is 552 g/mol. The van der Waals surface area contributed by atoms with Crippen molar-refractivity contribution in [1.82, 2.24) is 4.90 Å². The third kappa shape index (κ3) is 8.49. The first-order valence-corrected chi connectivity index (χ1v) is 17.3. The zero-order chi connectivity index (χ0) is 28.4. The van der Waals surface area contributed by atoms with Crippen LogP contribution in [0.25, 0.3) is 0 Å². The zero-order valence-corrected chi connectivity index (χ0v) is 25.8. The Hall–Kier alpha value is -3.02. The molecule has 40 heavy (non-hydrogen) atoms. The average Bonchev–Trinajstić information content (AvgIpc) is 2.96. The van der Waals surface area contributed by atoms with Crippen molar-refractivity contribution in [3.05, 3.63) is 144 Å². The Balaban J connectivity index is 1.75. The molecule has 0 saturated heterocycles. The molecule has 0 amide bonds. The first kappa shape index (κ1) is 29.9. The molecule has 0 bridgehead atoms. The summed E-state index contributed by atoms with van der Waals surface area (Å²) in [6.45, 7) is 14.3. The maximum absolute atomic E-state index is 6.98. The van der Waals surface area contributed by atoms with Gasteiger partial charge in [-0.15, -0.1) is 0 Å². The van der Waals surface area contributed by atoms with Gasteiger partial charge in [0.1, 0.15) is 6.10 Å². The van der Waals surface area contributed by atoms with E-state index in [4.69, 9.17) is 9.16 Å². The lowest BCUT2D eigenvalue weighted by atomic mass is 9.99. The van der Waals surface area contributed by atoms with E-state index in [2.05, 4.69) is 160 Å². The number of benzene rings is 4. The molecular formula is C36H45NO2Si. The lowest BCUT2D eigenvalue weighted by Gasteiger charge is -2.42. The van der Waals surface area contributed by atoms with Crippen molar-refractivity contribution in [2.45, 2.75) is 70.7 Å². The minimum absolute atomic E-state index is 0.000601. The summed E-state index contributed by atoms with van der Waals surface area (Å²) in [6.07, 6.45) is -0.168.